The molecular formula is C17H18F3N5O. The van der Waals surface area contributed by atoms with Crippen molar-refractivity contribution in [2.45, 2.75) is 50.0 Å². The molecule has 3 saturated heterocycles. The minimum absolute atomic E-state index is 0.305. The average molecular weight is 365 g/mol. The Bertz CT molecular complexity index is 807. The van der Waals surface area contributed by atoms with Gasteiger partial charge in [0.05, 0.1) is 5.69 Å². The fourth-order valence-corrected chi connectivity index (χ4v) is 3.96. The molecule has 0 spiro atoms. The third-order valence-electron chi connectivity index (χ3n) is 5.51. The molecular weight excluding hydrogens is 347 g/mol. The van der Waals surface area contributed by atoms with Gasteiger partial charge in [-0.25, -0.2) is 9.97 Å². The summed E-state index contributed by atoms with van der Waals surface area (Å²) in [5, 5.41) is 4.17. The highest BCUT2D eigenvalue weighted by Crippen LogP contribution is 2.41. The van der Waals surface area contributed by atoms with Crippen molar-refractivity contribution >= 4 is 5.82 Å². The fourth-order valence-electron chi connectivity index (χ4n) is 3.96. The van der Waals surface area contributed by atoms with Crippen LogP contribution >= 0.6 is 0 Å². The van der Waals surface area contributed by atoms with Crippen LogP contribution in [0.5, 0.6) is 0 Å². The molecule has 138 valence electrons. The van der Waals surface area contributed by atoms with Crippen molar-refractivity contribution in [2.24, 2.45) is 0 Å². The van der Waals surface area contributed by atoms with E-state index in [0.29, 0.717) is 36.9 Å². The molecule has 2 atom stereocenters. The smallest absolute Gasteiger partial charge is 0.361 e. The molecule has 1 aliphatic carbocycles. The molecule has 2 aromatic heterocycles. The summed E-state index contributed by atoms with van der Waals surface area (Å²) in [4.78, 5) is 11.7. The van der Waals surface area contributed by atoms with Crippen LogP contribution in [0.2, 0.25) is 0 Å². The maximum Gasteiger partial charge on any atom is 0.433 e. The van der Waals surface area contributed by atoms with E-state index in [0.717, 1.165) is 36.8 Å². The number of halogens is 3. The van der Waals surface area contributed by atoms with Crippen molar-refractivity contribution < 1.29 is 17.7 Å². The van der Waals surface area contributed by atoms with Gasteiger partial charge in [0.1, 0.15) is 23.6 Å². The van der Waals surface area contributed by atoms with Gasteiger partial charge in [-0.15, -0.1) is 0 Å². The van der Waals surface area contributed by atoms with Gasteiger partial charge in [-0.1, -0.05) is 5.16 Å². The Labute approximate surface area is 148 Å². The number of aromatic nitrogens is 3. The van der Waals surface area contributed by atoms with E-state index in [1.807, 2.05) is 11.0 Å². The van der Waals surface area contributed by atoms with Crippen LogP contribution in [0.15, 0.2) is 23.0 Å². The second kappa shape index (κ2) is 5.67. The van der Waals surface area contributed by atoms with Crippen molar-refractivity contribution in [1.29, 1.82) is 0 Å². The van der Waals surface area contributed by atoms with E-state index in [1.165, 1.54) is 12.8 Å². The molecule has 9 heteroatoms. The Morgan fingerprint density at radius 3 is 2.58 bits per heavy atom. The van der Waals surface area contributed by atoms with E-state index in [2.05, 4.69) is 20.0 Å². The molecule has 5 heterocycles. The molecule has 2 unspecified atom stereocenters. The Balaban J connectivity index is 1.25. The molecule has 0 amide bonds. The summed E-state index contributed by atoms with van der Waals surface area (Å²) in [6.07, 6.45) is -0.0462. The van der Waals surface area contributed by atoms with E-state index < -0.39 is 11.9 Å². The standard InChI is InChI=1S/C17H18F3N5O/c18-17(19,20)15-5-16(22-9-21-15)24-7-12-4-13(8-24)25(12)6-11-3-14(26-23-11)10-1-2-10/h3,5,9-10,12-13H,1-2,4,6-8H2. The number of piperazine rings is 1. The van der Waals surface area contributed by atoms with E-state index in [1.54, 1.807) is 0 Å². The van der Waals surface area contributed by atoms with Gasteiger partial charge in [0.25, 0.3) is 0 Å². The summed E-state index contributed by atoms with van der Waals surface area (Å²) in [6.45, 7) is 2.06. The Kier molecular flexibility index (Phi) is 3.50. The monoisotopic (exact) mass is 365 g/mol. The molecule has 0 radical (unpaired) electrons. The second-order valence-corrected chi connectivity index (χ2v) is 7.37. The van der Waals surface area contributed by atoms with E-state index in [-0.39, 0.29) is 0 Å². The molecule has 4 aliphatic rings. The highest BCUT2D eigenvalue weighted by molar-refractivity contribution is 5.42. The lowest BCUT2D eigenvalue weighted by Gasteiger charge is -2.56. The molecule has 6 nitrogen and oxygen atoms in total. The van der Waals surface area contributed by atoms with Crippen LogP contribution in [-0.4, -0.2) is 45.2 Å². The van der Waals surface area contributed by atoms with Crippen molar-refractivity contribution in [2.75, 3.05) is 18.0 Å². The third-order valence-corrected chi connectivity index (χ3v) is 5.51. The van der Waals surface area contributed by atoms with Crippen molar-refractivity contribution in [3.05, 3.63) is 35.6 Å². The van der Waals surface area contributed by atoms with Gasteiger partial charge in [-0.05, 0) is 19.3 Å². The zero-order valence-corrected chi connectivity index (χ0v) is 14.0. The summed E-state index contributed by atoms with van der Waals surface area (Å²) in [7, 11) is 0. The van der Waals surface area contributed by atoms with Crippen LogP contribution in [0.3, 0.4) is 0 Å². The molecule has 1 saturated carbocycles. The molecule has 4 fully saturated rings. The average Bonchev–Trinajstić information content (AvgIpc) is 3.38. The van der Waals surface area contributed by atoms with Gasteiger partial charge < -0.3 is 9.42 Å². The number of anilines is 1. The van der Waals surface area contributed by atoms with Gasteiger partial charge in [0.15, 0.2) is 0 Å². The minimum Gasteiger partial charge on any atom is -0.361 e. The highest BCUT2D eigenvalue weighted by Gasteiger charge is 2.45. The summed E-state index contributed by atoms with van der Waals surface area (Å²) in [5.74, 6) is 1.87. The molecule has 2 bridgehead atoms. The predicted octanol–water partition coefficient (Wildman–Crippen LogP) is 2.82. The van der Waals surface area contributed by atoms with Crippen molar-refractivity contribution in [3.63, 3.8) is 0 Å². The summed E-state index contributed by atoms with van der Waals surface area (Å²) in [6, 6.07) is 3.69. The highest BCUT2D eigenvalue weighted by atomic mass is 19.4. The van der Waals surface area contributed by atoms with Gasteiger partial charge in [-0.3, -0.25) is 4.90 Å². The van der Waals surface area contributed by atoms with Gasteiger partial charge >= 0.3 is 6.18 Å². The Morgan fingerprint density at radius 1 is 1.12 bits per heavy atom. The van der Waals surface area contributed by atoms with Gasteiger partial charge in [0.2, 0.25) is 0 Å². The lowest BCUT2D eigenvalue weighted by molar-refractivity contribution is -0.141. The van der Waals surface area contributed by atoms with Crippen LogP contribution in [0.25, 0.3) is 0 Å². The summed E-state index contributed by atoms with van der Waals surface area (Å²) < 4.78 is 44.0. The van der Waals surface area contributed by atoms with Crippen molar-refractivity contribution in [3.8, 4) is 0 Å². The third kappa shape index (κ3) is 2.84. The summed E-state index contributed by atoms with van der Waals surface area (Å²) >= 11 is 0. The van der Waals surface area contributed by atoms with Crippen LogP contribution in [-0.2, 0) is 12.7 Å². The fraction of sp³-hybridized carbons (Fsp3) is 0.588. The first-order valence-electron chi connectivity index (χ1n) is 8.83. The lowest BCUT2D eigenvalue weighted by atomic mass is 9.87. The number of piperidine rings is 1. The maximum atomic E-state index is 12.9. The van der Waals surface area contributed by atoms with E-state index >= 15 is 0 Å². The predicted molar refractivity (Wildman–Crippen MR) is 85.5 cm³/mol. The first-order valence-corrected chi connectivity index (χ1v) is 8.83. The van der Waals surface area contributed by atoms with E-state index in [4.69, 9.17) is 4.52 Å². The molecule has 26 heavy (non-hydrogen) atoms. The topological polar surface area (TPSA) is 58.3 Å². The number of rotatable bonds is 4. The zero-order chi connectivity index (χ0) is 17.9. The normalized spacial score (nSPS) is 26.0. The lowest BCUT2D eigenvalue weighted by Crippen LogP contribution is -2.68. The van der Waals surface area contributed by atoms with Gasteiger partial charge in [0, 0.05) is 49.8 Å². The molecule has 6 rings (SSSR count). The van der Waals surface area contributed by atoms with Gasteiger partial charge in [-0.2, -0.15) is 13.2 Å². The number of hydrogen-bond donors (Lipinski definition) is 0. The summed E-state index contributed by atoms with van der Waals surface area (Å²) in [5.41, 5.74) is 0.0465. The largest absolute Gasteiger partial charge is 0.433 e. The van der Waals surface area contributed by atoms with Crippen LogP contribution in [0.1, 0.15) is 42.3 Å². The van der Waals surface area contributed by atoms with E-state index in [9.17, 15) is 13.2 Å². The quantitative estimate of drug-likeness (QED) is 0.831. The molecule has 2 aromatic rings. The molecule has 0 N–H and O–H groups in total. The van der Waals surface area contributed by atoms with Crippen molar-refractivity contribution in [1.82, 2.24) is 20.0 Å². The Morgan fingerprint density at radius 2 is 1.88 bits per heavy atom. The number of fused-ring (bicyclic) bond motifs is 2. The van der Waals surface area contributed by atoms with Crippen LogP contribution in [0.4, 0.5) is 19.0 Å². The first kappa shape index (κ1) is 16.0. The number of hydrogen-bond acceptors (Lipinski definition) is 6. The number of nitrogens with zero attached hydrogens (tertiary/aromatic N) is 5. The Hall–Kier alpha value is -2.16. The molecule has 0 aromatic carbocycles. The molecule has 3 aliphatic heterocycles. The first-order chi connectivity index (χ1) is 12.5. The zero-order valence-electron chi connectivity index (χ0n) is 14.0. The van der Waals surface area contributed by atoms with Crippen LogP contribution < -0.4 is 4.90 Å². The SMILES string of the molecule is FC(F)(F)c1cc(N2CC3CC(C2)N3Cc2cc(C3CC3)on2)ncn1. The van der Waals surface area contributed by atoms with Crippen LogP contribution in [0, 0.1) is 0 Å². The maximum absolute atomic E-state index is 12.9. The second-order valence-electron chi connectivity index (χ2n) is 7.37. The number of alkyl halides is 3. The minimum atomic E-state index is -4.45.